The van der Waals surface area contributed by atoms with E-state index < -0.39 is 53.4 Å². The lowest BCUT2D eigenvalue weighted by molar-refractivity contribution is -0.711. The van der Waals surface area contributed by atoms with Gasteiger partial charge >= 0.3 is 5.97 Å². The van der Waals surface area contributed by atoms with Gasteiger partial charge in [0.1, 0.15) is 11.8 Å². The summed E-state index contributed by atoms with van der Waals surface area (Å²) < 4.78 is 30.2. The van der Waals surface area contributed by atoms with Crippen LogP contribution in [0.15, 0.2) is 24.2 Å². The van der Waals surface area contributed by atoms with Crippen molar-refractivity contribution in [2.24, 2.45) is 5.73 Å². The number of hydrogen-bond donors (Lipinski definition) is 2. The Labute approximate surface area is 96.2 Å². The van der Waals surface area contributed by atoms with Crippen molar-refractivity contribution < 1.29 is 25.3 Å². The van der Waals surface area contributed by atoms with Gasteiger partial charge in [-0.2, -0.15) is 0 Å². The Balaban J connectivity index is 3.36. The van der Waals surface area contributed by atoms with E-state index in [2.05, 4.69) is 4.84 Å². The Kier molecular flexibility index (Phi) is 2.28. The van der Waals surface area contributed by atoms with Gasteiger partial charge in [-0.05, 0) is 24.1 Å². The number of rotatable bonds is 5. The zero-order chi connectivity index (χ0) is 15.6. The Morgan fingerprint density at radius 2 is 2.19 bits per heavy atom. The summed E-state index contributed by atoms with van der Waals surface area (Å²) in [4.78, 5) is 24.9. The minimum atomic E-state index is -1.41. The smallest absolute Gasteiger partial charge is 0.320 e. The molecule has 1 aromatic carbocycles. The number of carbonyl (C=O) groups is 1. The third-order valence-electron chi connectivity index (χ3n) is 1.56. The van der Waals surface area contributed by atoms with Crippen molar-refractivity contribution in [1.29, 1.82) is 0 Å². The first-order valence-corrected chi connectivity index (χ1v) is 4.06. The molecule has 3 N–H and O–H groups in total. The van der Waals surface area contributed by atoms with Gasteiger partial charge in [0.25, 0.3) is 5.09 Å². The molecule has 7 nitrogen and oxygen atoms in total. The van der Waals surface area contributed by atoms with E-state index in [-0.39, 0.29) is 5.56 Å². The summed E-state index contributed by atoms with van der Waals surface area (Å²) in [5.74, 6) is -2.20. The fourth-order valence-electron chi connectivity index (χ4n) is 0.856. The molecule has 0 saturated heterocycles. The second-order valence-electron chi connectivity index (χ2n) is 2.77. The molecule has 0 fully saturated rings. The molecule has 0 aliphatic rings. The first-order valence-electron chi connectivity index (χ1n) is 6.06. The van der Waals surface area contributed by atoms with Gasteiger partial charge in [-0.15, -0.1) is 10.1 Å². The fraction of sp³-hybridized carbons (Fsp3) is 0.222. The lowest BCUT2D eigenvalue weighted by atomic mass is 10.1. The molecule has 86 valence electrons. The van der Waals surface area contributed by atoms with Crippen LogP contribution in [0.5, 0.6) is 5.75 Å². The van der Waals surface area contributed by atoms with E-state index in [4.69, 9.17) is 16.3 Å². The normalized spacial score (nSPS) is 15.3. The lowest BCUT2D eigenvalue weighted by Crippen LogP contribution is -2.32. The molecule has 1 rings (SSSR count). The number of nitrogens with two attached hydrogens (primary N) is 1. The molecule has 16 heavy (non-hydrogen) atoms. The number of benzene rings is 1. The van der Waals surface area contributed by atoms with Gasteiger partial charge < -0.3 is 10.8 Å². The molecule has 0 aliphatic carbocycles. The summed E-state index contributed by atoms with van der Waals surface area (Å²) in [5, 5.41) is 17.7. The second-order valence-corrected chi connectivity index (χ2v) is 2.77. The highest BCUT2D eigenvalue weighted by Crippen LogP contribution is 2.13. The molecule has 0 unspecified atom stereocenters. The highest BCUT2D eigenvalue weighted by Gasteiger charge is 2.11. The van der Waals surface area contributed by atoms with Gasteiger partial charge in [0.05, 0.1) is 5.48 Å². The van der Waals surface area contributed by atoms with Crippen LogP contribution in [-0.2, 0) is 11.2 Å². The summed E-state index contributed by atoms with van der Waals surface area (Å²) in [6.45, 7) is 0. The van der Waals surface area contributed by atoms with Gasteiger partial charge in [0.2, 0.25) is 0 Å². The fourth-order valence-corrected chi connectivity index (χ4v) is 0.856. The van der Waals surface area contributed by atoms with Crippen LogP contribution in [-0.4, -0.2) is 22.2 Å². The number of carboxylic acid groups (broad SMARTS) is 1. The van der Waals surface area contributed by atoms with E-state index in [9.17, 15) is 14.9 Å². The summed E-state index contributed by atoms with van der Waals surface area (Å²) >= 11 is 0. The Bertz CT molecular complexity index is 551. The summed E-state index contributed by atoms with van der Waals surface area (Å²) in [6.07, 6.45) is -0.441. The summed E-state index contributed by atoms with van der Waals surface area (Å²) in [6, 6.07) is -4.20. The lowest BCUT2D eigenvalue weighted by Gasteiger charge is -2.06. The molecule has 0 saturated carbocycles. The molecule has 0 radical (unpaired) electrons. The van der Waals surface area contributed by atoms with Crippen molar-refractivity contribution in [2.45, 2.75) is 12.5 Å². The maximum absolute atomic E-state index is 10.7. The molecular weight excluding hydrogens is 216 g/mol. The third kappa shape index (κ3) is 3.54. The van der Waals surface area contributed by atoms with Crippen molar-refractivity contribution in [2.75, 3.05) is 0 Å². The standard InChI is InChI=1S/C9H10N2O5/c10-8(9(12)13)5-6-1-3-7(4-2-6)16-11(14)15/h1-4,8H,5,10H2,(H,12,13)/t8-/m0/s1/i1D,2D,3D,4D. The number of carboxylic acids is 1. The van der Waals surface area contributed by atoms with E-state index in [1.165, 1.54) is 0 Å². The van der Waals surface area contributed by atoms with Gasteiger partial charge in [0.15, 0.2) is 0 Å². The van der Waals surface area contributed by atoms with E-state index in [1.807, 2.05) is 0 Å². The van der Waals surface area contributed by atoms with Crippen molar-refractivity contribution in [3.05, 3.63) is 39.8 Å². The number of hydrogen-bond acceptors (Lipinski definition) is 5. The molecule has 0 amide bonds. The van der Waals surface area contributed by atoms with E-state index in [1.54, 1.807) is 0 Å². The number of aliphatic carboxylic acids is 1. The monoisotopic (exact) mass is 230 g/mol. The van der Waals surface area contributed by atoms with Crippen LogP contribution < -0.4 is 10.6 Å². The minimum Gasteiger partial charge on any atom is -0.480 e. The molecule has 0 aliphatic heterocycles. The highest BCUT2D eigenvalue weighted by atomic mass is 17.0. The van der Waals surface area contributed by atoms with Crippen molar-refractivity contribution in [3.8, 4) is 5.75 Å². The molecule has 1 aromatic rings. The van der Waals surface area contributed by atoms with Crippen molar-refractivity contribution >= 4 is 5.97 Å². The maximum Gasteiger partial charge on any atom is 0.320 e. The van der Waals surface area contributed by atoms with Crippen LogP contribution in [0.25, 0.3) is 0 Å². The van der Waals surface area contributed by atoms with Crippen molar-refractivity contribution in [3.63, 3.8) is 0 Å². The van der Waals surface area contributed by atoms with Gasteiger partial charge in [-0.25, -0.2) is 0 Å². The predicted octanol–water partition coefficient (Wildman–Crippen LogP) is 0.211. The minimum absolute atomic E-state index is 0.245. The molecule has 1 atom stereocenters. The van der Waals surface area contributed by atoms with Crippen LogP contribution in [0.2, 0.25) is 0 Å². The first-order chi connectivity index (χ1) is 9.16. The molecule has 0 aromatic heterocycles. The molecule has 0 spiro atoms. The average molecular weight is 230 g/mol. The second kappa shape index (κ2) is 5.08. The van der Waals surface area contributed by atoms with Crippen LogP contribution >= 0.6 is 0 Å². The summed E-state index contributed by atoms with van der Waals surface area (Å²) in [5.41, 5.74) is 5.03. The molecule has 0 bridgehead atoms. The Morgan fingerprint density at radius 1 is 1.62 bits per heavy atom. The molecule has 0 heterocycles. The van der Waals surface area contributed by atoms with Crippen LogP contribution in [0.1, 0.15) is 11.0 Å². The zero-order valence-corrected chi connectivity index (χ0v) is 7.89. The van der Waals surface area contributed by atoms with Gasteiger partial charge in [-0.1, -0.05) is 12.1 Å². The van der Waals surface area contributed by atoms with Crippen LogP contribution in [0, 0.1) is 10.1 Å². The first kappa shape index (κ1) is 7.18. The Hall–Kier alpha value is -2.15. The van der Waals surface area contributed by atoms with E-state index in [0.717, 1.165) is 0 Å². The van der Waals surface area contributed by atoms with Gasteiger partial charge in [-0.3, -0.25) is 9.63 Å². The van der Waals surface area contributed by atoms with E-state index in [0.29, 0.717) is 0 Å². The van der Waals surface area contributed by atoms with Crippen molar-refractivity contribution in [1.82, 2.24) is 0 Å². The largest absolute Gasteiger partial charge is 0.480 e. The highest BCUT2D eigenvalue weighted by molar-refractivity contribution is 5.73. The average Bonchev–Trinajstić information content (AvgIpc) is 2.36. The van der Waals surface area contributed by atoms with Crippen LogP contribution in [0.4, 0.5) is 0 Å². The SMILES string of the molecule is [2H]c1c([2H])c(O[N+](=O)[O-])c([2H])c([2H])c1C[C@H](N)C(=O)O. The van der Waals surface area contributed by atoms with Crippen LogP contribution in [0.3, 0.4) is 0 Å². The molecule has 7 heteroatoms. The summed E-state index contributed by atoms with van der Waals surface area (Å²) in [7, 11) is 0. The zero-order valence-electron chi connectivity index (χ0n) is 11.9. The predicted molar refractivity (Wildman–Crippen MR) is 53.4 cm³/mol. The topological polar surface area (TPSA) is 116 Å². The Morgan fingerprint density at radius 3 is 2.62 bits per heavy atom. The van der Waals surface area contributed by atoms with E-state index >= 15 is 0 Å². The van der Waals surface area contributed by atoms with Gasteiger partial charge in [0, 0.05) is 0 Å². The maximum atomic E-state index is 10.7. The number of nitrogens with zero attached hydrogens (tertiary/aromatic N) is 1. The molecular formula is C9H10N2O5. The third-order valence-corrected chi connectivity index (χ3v) is 1.56. The quantitative estimate of drug-likeness (QED) is 0.551.